The van der Waals surface area contributed by atoms with Crippen molar-refractivity contribution < 1.29 is 9.90 Å². The molecule has 4 nitrogen and oxygen atoms in total. The zero-order valence-electron chi connectivity index (χ0n) is 9.66. The van der Waals surface area contributed by atoms with Gasteiger partial charge >= 0.3 is 6.09 Å². The lowest BCUT2D eigenvalue weighted by atomic mass is 10.0. The molecule has 0 saturated heterocycles. The Balaban J connectivity index is 2.17. The van der Waals surface area contributed by atoms with E-state index in [2.05, 4.69) is 18.0 Å². The van der Waals surface area contributed by atoms with Gasteiger partial charge in [0, 0.05) is 35.1 Å². The van der Waals surface area contributed by atoms with Crippen molar-refractivity contribution in [1.82, 2.24) is 9.88 Å². The van der Waals surface area contributed by atoms with E-state index in [0.717, 1.165) is 17.5 Å². The van der Waals surface area contributed by atoms with Crippen molar-refractivity contribution in [1.29, 1.82) is 0 Å². The molecular formula is C13H14N2O2. The lowest BCUT2D eigenvalue weighted by molar-refractivity contribution is 0.140. The molecule has 17 heavy (non-hydrogen) atoms. The summed E-state index contributed by atoms with van der Waals surface area (Å²) in [6.07, 6.45) is -0.0611. The molecule has 0 bridgehead atoms. The number of fused-ring (bicyclic) bond motifs is 3. The van der Waals surface area contributed by atoms with Gasteiger partial charge in [0.15, 0.2) is 0 Å². The van der Waals surface area contributed by atoms with Crippen LogP contribution in [-0.4, -0.2) is 27.6 Å². The van der Waals surface area contributed by atoms with Crippen LogP contribution < -0.4 is 0 Å². The number of benzene rings is 1. The number of aryl methyl sites for hydroxylation is 1. The highest BCUT2D eigenvalue weighted by molar-refractivity contribution is 5.88. The maximum atomic E-state index is 11.0. The predicted molar refractivity (Wildman–Crippen MR) is 65.2 cm³/mol. The third-order valence-corrected chi connectivity index (χ3v) is 3.48. The van der Waals surface area contributed by atoms with Crippen molar-refractivity contribution in [2.75, 3.05) is 6.54 Å². The molecule has 2 heterocycles. The number of rotatable bonds is 0. The van der Waals surface area contributed by atoms with Gasteiger partial charge in [-0.1, -0.05) is 12.1 Å². The fourth-order valence-electron chi connectivity index (χ4n) is 2.63. The van der Waals surface area contributed by atoms with Gasteiger partial charge in [0.25, 0.3) is 0 Å². The fourth-order valence-corrected chi connectivity index (χ4v) is 2.63. The molecule has 0 atom stereocenters. The third kappa shape index (κ3) is 1.48. The summed E-state index contributed by atoms with van der Waals surface area (Å²) < 4.78 is 0. The summed E-state index contributed by atoms with van der Waals surface area (Å²) in [6, 6.07) is 6.14. The van der Waals surface area contributed by atoms with Gasteiger partial charge in [-0.3, -0.25) is 0 Å². The van der Waals surface area contributed by atoms with Gasteiger partial charge in [-0.2, -0.15) is 0 Å². The Morgan fingerprint density at radius 2 is 2.29 bits per heavy atom. The SMILES string of the molecule is Cc1cccc2[nH]c3c(c12)CN(C(=O)O)CC3. The van der Waals surface area contributed by atoms with Gasteiger partial charge in [0.2, 0.25) is 0 Å². The summed E-state index contributed by atoms with van der Waals surface area (Å²) in [4.78, 5) is 15.9. The van der Waals surface area contributed by atoms with E-state index in [0.29, 0.717) is 13.1 Å². The zero-order chi connectivity index (χ0) is 12.0. The summed E-state index contributed by atoms with van der Waals surface area (Å²) in [5.41, 5.74) is 4.65. The Morgan fingerprint density at radius 1 is 1.47 bits per heavy atom. The quantitative estimate of drug-likeness (QED) is 0.730. The molecule has 1 aromatic heterocycles. The summed E-state index contributed by atoms with van der Waals surface area (Å²) >= 11 is 0. The van der Waals surface area contributed by atoms with E-state index < -0.39 is 6.09 Å². The summed E-state index contributed by atoms with van der Waals surface area (Å²) in [7, 11) is 0. The molecule has 1 aromatic carbocycles. The van der Waals surface area contributed by atoms with Gasteiger partial charge in [-0.05, 0) is 18.6 Å². The standard InChI is InChI=1S/C13H14N2O2/c1-8-3-2-4-11-12(8)9-7-15(13(16)17)6-5-10(9)14-11/h2-4,14H,5-7H2,1H3,(H,16,17). The van der Waals surface area contributed by atoms with E-state index in [4.69, 9.17) is 5.11 Å². The number of H-pyrrole nitrogens is 1. The van der Waals surface area contributed by atoms with Crippen LogP contribution in [0.4, 0.5) is 4.79 Å². The minimum absolute atomic E-state index is 0.496. The molecule has 1 amide bonds. The number of nitrogens with one attached hydrogen (secondary N) is 1. The Bertz CT molecular complexity index is 601. The predicted octanol–water partition coefficient (Wildman–Crippen LogP) is 2.51. The topological polar surface area (TPSA) is 56.3 Å². The van der Waals surface area contributed by atoms with Crippen LogP contribution in [0, 0.1) is 6.92 Å². The van der Waals surface area contributed by atoms with Crippen LogP contribution in [0.5, 0.6) is 0 Å². The fraction of sp³-hybridized carbons (Fsp3) is 0.308. The molecule has 2 N–H and O–H groups in total. The zero-order valence-corrected chi connectivity index (χ0v) is 9.66. The number of aromatic amines is 1. The number of hydrogen-bond acceptors (Lipinski definition) is 1. The van der Waals surface area contributed by atoms with Crippen LogP contribution in [-0.2, 0) is 13.0 Å². The van der Waals surface area contributed by atoms with E-state index >= 15 is 0 Å². The van der Waals surface area contributed by atoms with Gasteiger partial charge in [-0.15, -0.1) is 0 Å². The molecule has 4 heteroatoms. The number of aromatic nitrogens is 1. The summed E-state index contributed by atoms with van der Waals surface area (Å²) in [5.74, 6) is 0. The number of amides is 1. The third-order valence-electron chi connectivity index (χ3n) is 3.48. The van der Waals surface area contributed by atoms with E-state index in [1.807, 2.05) is 12.1 Å². The molecule has 0 saturated carbocycles. The molecule has 1 aliphatic rings. The first-order valence-corrected chi connectivity index (χ1v) is 5.73. The van der Waals surface area contributed by atoms with Crippen molar-refractivity contribution in [3.63, 3.8) is 0 Å². The first-order valence-electron chi connectivity index (χ1n) is 5.73. The lowest BCUT2D eigenvalue weighted by Gasteiger charge is -2.24. The average Bonchev–Trinajstić information content (AvgIpc) is 2.67. The molecule has 2 aromatic rings. The van der Waals surface area contributed by atoms with Crippen LogP contribution in [0.25, 0.3) is 10.9 Å². The summed E-state index contributed by atoms with van der Waals surface area (Å²) in [6.45, 7) is 3.14. The van der Waals surface area contributed by atoms with Crippen molar-refractivity contribution in [3.05, 3.63) is 35.0 Å². The Morgan fingerprint density at radius 3 is 3.06 bits per heavy atom. The van der Waals surface area contributed by atoms with Crippen molar-refractivity contribution in [2.45, 2.75) is 19.9 Å². The highest BCUT2D eigenvalue weighted by Crippen LogP contribution is 2.29. The van der Waals surface area contributed by atoms with Gasteiger partial charge in [0.1, 0.15) is 0 Å². The van der Waals surface area contributed by atoms with E-state index in [9.17, 15) is 4.79 Å². The van der Waals surface area contributed by atoms with Crippen LogP contribution in [0.1, 0.15) is 16.8 Å². The van der Waals surface area contributed by atoms with Crippen molar-refractivity contribution in [3.8, 4) is 0 Å². The Hall–Kier alpha value is -1.97. The number of carbonyl (C=O) groups is 1. The molecule has 3 rings (SSSR count). The largest absolute Gasteiger partial charge is 0.465 e. The molecule has 0 aliphatic carbocycles. The van der Waals surface area contributed by atoms with Crippen molar-refractivity contribution >= 4 is 17.0 Å². The van der Waals surface area contributed by atoms with Crippen LogP contribution in [0.3, 0.4) is 0 Å². The maximum Gasteiger partial charge on any atom is 0.407 e. The molecule has 1 aliphatic heterocycles. The van der Waals surface area contributed by atoms with Crippen molar-refractivity contribution in [2.24, 2.45) is 0 Å². The number of nitrogens with zero attached hydrogens (tertiary/aromatic N) is 1. The van der Waals surface area contributed by atoms with E-state index in [-0.39, 0.29) is 0 Å². The number of carboxylic acid groups (broad SMARTS) is 1. The highest BCUT2D eigenvalue weighted by atomic mass is 16.4. The number of hydrogen-bond donors (Lipinski definition) is 2. The first-order chi connectivity index (χ1) is 8.16. The highest BCUT2D eigenvalue weighted by Gasteiger charge is 2.23. The lowest BCUT2D eigenvalue weighted by Crippen LogP contribution is -2.34. The molecule has 0 radical (unpaired) electrons. The smallest absolute Gasteiger partial charge is 0.407 e. The minimum Gasteiger partial charge on any atom is -0.465 e. The first kappa shape index (κ1) is 10.2. The normalized spacial score (nSPS) is 15.0. The van der Waals surface area contributed by atoms with E-state index in [1.165, 1.54) is 21.5 Å². The molecule has 88 valence electrons. The molecular weight excluding hydrogens is 216 g/mol. The monoisotopic (exact) mass is 230 g/mol. The van der Waals surface area contributed by atoms with Gasteiger partial charge < -0.3 is 15.0 Å². The second-order valence-corrected chi connectivity index (χ2v) is 4.53. The molecule has 0 fully saturated rings. The van der Waals surface area contributed by atoms with Gasteiger partial charge in [-0.25, -0.2) is 4.79 Å². The Kier molecular flexibility index (Phi) is 2.11. The second-order valence-electron chi connectivity index (χ2n) is 4.53. The Labute approximate surface area is 98.9 Å². The minimum atomic E-state index is -0.835. The molecule has 0 unspecified atom stereocenters. The van der Waals surface area contributed by atoms with Crippen LogP contribution in [0.2, 0.25) is 0 Å². The summed E-state index contributed by atoms with van der Waals surface area (Å²) in [5, 5.41) is 10.2. The van der Waals surface area contributed by atoms with Gasteiger partial charge in [0.05, 0.1) is 6.54 Å². The average molecular weight is 230 g/mol. The molecule has 0 spiro atoms. The maximum absolute atomic E-state index is 11.0. The van der Waals surface area contributed by atoms with Crippen LogP contribution in [0.15, 0.2) is 18.2 Å². The van der Waals surface area contributed by atoms with Crippen LogP contribution >= 0.6 is 0 Å². The van der Waals surface area contributed by atoms with E-state index in [1.54, 1.807) is 0 Å². The second kappa shape index (κ2) is 3.52.